The molecule has 1 saturated heterocycles. The molecule has 2 fully saturated rings. The number of nitrogens with zero attached hydrogens (tertiary/aromatic N) is 1. The fourth-order valence-corrected chi connectivity index (χ4v) is 5.14. The van der Waals surface area contributed by atoms with Crippen LogP contribution in [-0.4, -0.2) is 29.6 Å². The highest BCUT2D eigenvalue weighted by molar-refractivity contribution is 5.46. The first-order chi connectivity index (χ1) is 9.60. The summed E-state index contributed by atoms with van der Waals surface area (Å²) in [5.41, 5.74) is 4.53. The first-order valence-corrected chi connectivity index (χ1v) is 7.79. The number of phenols is 1. The second-order valence-electron chi connectivity index (χ2n) is 7.07. The number of hydrogen-bond acceptors (Lipinski definition) is 2. The van der Waals surface area contributed by atoms with E-state index in [0.717, 1.165) is 18.8 Å². The van der Waals surface area contributed by atoms with Gasteiger partial charge in [-0.2, -0.15) is 0 Å². The van der Waals surface area contributed by atoms with Crippen LogP contribution in [-0.2, 0) is 11.8 Å². The first kappa shape index (κ1) is 12.5. The van der Waals surface area contributed by atoms with Gasteiger partial charge in [-0.3, -0.25) is 0 Å². The number of fused-ring (bicyclic) bond motifs is 1. The first-order valence-electron chi connectivity index (χ1n) is 7.79. The van der Waals surface area contributed by atoms with Gasteiger partial charge in [0.25, 0.3) is 0 Å². The predicted octanol–water partition coefficient (Wildman–Crippen LogP) is 3.25. The number of likely N-dealkylation sites (tertiary alicyclic amines) is 1. The third kappa shape index (κ3) is 1.54. The van der Waals surface area contributed by atoms with E-state index in [0.29, 0.717) is 11.8 Å². The minimum Gasteiger partial charge on any atom is -0.508 e. The number of rotatable bonds is 0. The van der Waals surface area contributed by atoms with Crippen LogP contribution < -0.4 is 0 Å². The van der Waals surface area contributed by atoms with Gasteiger partial charge in [0, 0.05) is 11.5 Å². The number of aromatic hydroxyl groups is 1. The van der Waals surface area contributed by atoms with Crippen LogP contribution in [0.3, 0.4) is 0 Å². The summed E-state index contributed by atoms with van der Waals surface area (Å²) >= 11 is 0. The van der Waals surface area contributed by atoms with Crippen molar-refractivity contribution in [1.82, 2.24) is 4.90 Å². The van der Waals surface area contributed by atoms with Crippen LogP contribution >= 0.6 is 0 Å². The zero-order valence-corrected chi connectivity index (χ0v) is 12.2. The van der Waals surface area contributed by atoms with E-state index in [1.165, 1.54) is 42.5 Å². The molecule has 2 aliphatic carbocycles. The van der Waals surface area contributed by atoms with E-state index >= 15 is 0 Å². The molecular weight excluding hydrogens is 246 g/mol. The lowest BCUT2D eigenvalue weighted by Crippen LogP contribution is -2.60. The van der Waals surface area contributed by atoms with Crippen LogP contribution in [0.1, 0.15) is 36.8 Å². The molecule has 0 amide bonds. The maximum absolute atomic E-state index is 9.96. The van der Waals surface area contributed by atoms with Crippen molar-refractivity contribution >= 4 is 0 Å². The lowest BCUT2D eigenvalue weighted by Gasteiger charge is -2.58. The zero-order valence-electron chi connectivity index (χ0n) is 12.2. The minimum atomic E-state index is 0.249. The number of allylic oxidation sites excluding steroid dienone is 1. The Morgan fingerprint density at radius 2 is 2.25 bits per heavy atom. The van der Waals surface area contributed by atoms with Gasteiger partial charge in [0.05, 0.1) is 0 Å². The van der Waals surface area contributed by atoms with E-state index in [1.807, 2.05) is 12.1 Å². The molecule has 2 heteroatoms. The third-order valence-corrected chi connectivity index (χ3v) is 6.08. The molecule has 0 unspecified atom stereocenters. The van der Waals surface area contributed by atoms with Crippen LogP contribution in [0.2, 0.25) is 0 Å². The van der Waals surface area contributed by atoms with E-state index < -0.39 is 0 Å². The Hall–Kier alpha value is -1.28. The summed E-state index contributed by atoms with van der Waals surface area (Å²) in [7, 11) is 2.28. The Labute approximate surface area is 121 Å². The van der Waals surface area contributed by atoms with Crippen molar-refractivity contribution in [3.8, 4) is 5.75 Å². The van der Waals surface area contributed by atoms with E-state index in [9.17, 15) is 5.11 Å². The molecule has 2 bridgehead atoms. The van der Waals surface area contributed by atoms with Crippen LogP contribution in [0.4, 0.5) is 0 Å². The summed E-state index contributed by atoms with van der Waals surface area (Å²) in [5, 5.41) is 9.96. The molecule has 4 rings (SSSR count). The topological polar surface area (TPSA) is 23.5 Å². The van der Waals surface area contributed by atoms with Crippen molar-refractivity contribution in [3.05, 3.63) is 41.5 Å². The standard InChI is InChI=1S/C18H23NO/c1-12-3-6-15-17-9-13-4-5-14(20)10-16(13)18(15,11-12)7-8-19(17)2/h4-5,10,15,17,20H,1,3,6-9,11H2,2H3/t15-,17+,18-/m0/s1. The molecule has 106 valence electrons. The summed E-state index contributed by atoms with van der Waals surface area (Å²) in [6.45, 7) is 5.46. The largest absolute Gasteiger partial charge is 0.508 e. The normalized spacial score (nSPS) is 36.4. The average Bonchev–Trinajstić information content (AvgIpc) is 2.43. The van der Waals surface area contributed by atoms with Crippen molar-refractivity contribution in [2.75, 3.05) is 13.6 Å². The Kier molecular flexibility index (Phi) is 2.56. The van der Waals surface area contributed by atoms with Crippen LogP contribution in [0.15, 0.2) is 30.4 Å². The summed E-state index contributed by atoms with van der Waals surface area (Å²) in [6, 6.07) is 6.71. The molecule has 0 spiro atoms. The van der Waals surface area contributed by atoms with Gasteiger partial charge >= 0.3 is 0 Å². The average molecular weight is 269 g/mol. The molecule has 1 aliphatic heterocycles. The lowest BCUT2D eigenvalue weighted by molar-refractivity contribution is 0.0149. The third-order valence-electron chi connectivity index (χ3n) is 6.08. The van der Waals surface area contributed by atoms with Crippen LogP contribution in [0.25, 0.3) is 0 Å². The van der Waals surface area contributed by atoms with Gasteiger partial charge in [-0.05, 0) is 74.9 Å². The summed E-state index contributed by atoms with van der Waals surface area (Å²) in [6.07, 6.45) is 5.93. The van der Waals surface area contributed by atoms with E-state index in [2.05, 4.69) is 24.6 Å². The molecule has 1 saturated carbocycles. The highest BCUT2D eigenvalue weighted by atomic mass is 16.3. The fourth-order valence-electron chi connectivity index (χ4n) is 5.14. The van der Waals surface area contributed by atoms with Gasteiger partial charge < -0.3 is 10.0 Å². The molecule has 20 heavy (non-hydrogen) atoms. The van der Waals surface area contributed by atoms with Gasteiger partial charge in [-0.15, -0.1) is 0 Å². The van der Waals surface area contributed by atoms with Crippen LogP contribution in [0, 0.1) is 5.92 Å². The summed E-state index contributed by atoms with van der Waals surface area (Å²) < 4.78 is 0. The Morgan fingerprint density at radius 3 is 3.10 bits per heavy atom. The Balaban J connectivity index is 1.92. The van der Waals surface area contributed by atoms with Gasteiger partial charge in [-0.1, -0.05) is 18.2 Å². The quantitative estimate of drug-likeness (QED) is 0.731. The molecule has 1 N–H and O–H groups in total. The monoisotopic (exact) mass is 269 g/mol. The number of phenolic OH excluding ortho intramolecular Hbond substituents is 1. The Bertz CT molecular complexity index is 579. The van der Waals surface area contributed by atoms with E-state index in [-0.39, 0.29) is 5.41 Å². The highest BCUT2D eigenvalue weighted by Gasteiger charge is 2.53. The maximum Gasteiger partial charge on any atom is 0.115 e. The highest BCUT2D eigenvalue weighted by Crippen LogP contribution is 2.56. The van der Waals surface area contributed by atoms with Gasteiger partial charge in [-0.25, -0.2) is 0 Å². The van der Waals surface area contributed by atoms with E-state index in [1.54, 1.807) is 0 Å². The SMILES string of the molecule is C=C1CC[C@H]2[C@H]3Cc4ccc(O)cc4[C@@]2(CCN3C)C1. The lowest BCUT2D eigenvalue weighted by atomic mass is 9.52. The van der Waals surface area contributed by atoms with E-state index in [4.69, 9.17) is 0 Å². The van der Waals surface area contributed by atoms with Gasteiger partial charge in [0.15, 0.2) is 0 Å². The molecule has 1 aromatic carbocycles. The van der Waals surface area contributed by atoms with Crippen molar-refractivity contribution in [1.29, 1.82) is 0 Å². The molecular formula is C18H23NO. The zero-order chi connectivity index (χ0) is 13.9. The maximum atomic E-state index is 9.96. The van der Waals surface area contributed by atoms with Gasteiger partial charge in [0.2, 0.25) is 0 Å². The summed E-state index contributed by atoms with van der Waals surface area (Å²) in [5.74, 6) is 1.16. The Morgan fingerprint density at radius 1 is 1.40 bits per heavy atom. The number of piperidine rings is 1. The van der Waals surface area contributed by atoms with Crippen molar-refractivity contribution < 1.29 is 5.11 Å². The smallest absolute Gasteiger partial charge is 0.115 e. The molecule has 0 aromatic heterocycles. The minimum absolute atomic E-state index is 0.249. The van der Waals surface area contributed by atoms with Crippen molar-refractivity contribution in [2.45, 2.75) is 43.6 Å². The second kappa shape index (κ2) is 4.11. The molecule has 2 nitrogen and oxygen atoms in total. The second-order valence-corrected chi connectivity index (χ2v) is 7.07. The molecule has 0 radical (unpaired) electrons. The van der Waals surface area contributed by atoms with Crippen LogP contribution in [0.5, 0.6) is 5.75 Å². The number of hydrogen-bond donors (Lipinski definition) is 1. The summed E-state index contributed by atoms with van der Waals surface area (Å²) in [4.78, 5) is 2.56. The molecule has 3 aliphatic rings. The number of benzene rings is 1. The van der Waals surface area contributed by atoms with Crippen molar-refractivity contribution in [3.63, 3.8) is 0 Å². The number of likely N-dealkylation sites (N-methyl/N-ethyl adjacent to an activating group) is 1. The molecule has 3 atom stereocenters. The van der Waals surface area contributed by atoms with Gasteiger partial charge in [0.1, 0.15) is 5.75 Å². The molecule has 1 heterocycles. The predicted molar refractivity (Wildman–Crippen MR) is 81.0 cm³/mol. The fraction of sp³-hybridized carbons (Fsp3) is 0.556. The van der Waals surface area contributed by atoms with Crippen molar-refractivity contribution in [2.24, 2.45) is 5.92 Å². The molecule has 1 aromatic rings.